The Hall–Kier alpha value is -0.570. The third-order valence-electron chi connectivity index (χ3n) is 2.97. The maximum Gasteiger partial charge on any atom is 0.128 e. The van der Waals surface area contributed by atoms with E-state index >= 15 is 0 Å². The molecular formula is C13H21BrN2. The summed E-state index contributed by atoms with van der Waals surface area (Å²) < 4.78 is 1.08. The van der Waals surface area contributed by atoms with Gasteiger partial charge in [-0.25, -0.2) is 4.98 Å². The second kappa shape index (κ2) is 6.24. The van der Waals surface area contributed by atoms with Gasteiger partial charge >= 0.3 is 0 Å². The van der Waals surface area contributed by atoms with Crippen molar-refractivity contribution < 1.29 is 0 Å². The number of rotatable bonds is 5. The topological polar surface area (TPSA) is 16.1 Å². The SMILES string of the molecule is CCC(C)CN(CC)c1cc(C)c(Br)cn1. The first-order chi connectivity index (χ1) is 7.58. The van der Waals surface area contributed by atoms with Crippen LogP contribution in [0.15, 0.2) is 16.7 Å². The Bertz CT molecular complexity index is 339. The van der Waals surface area contributed by atoms with Crippen molar-refractivity contribution in [3.8, 4) is 0 Å². The lowest BCUT2D eigenvalue weighted by Crippen LogP contribution is -2.28. The van der Waals surface area contributed by atoms with Crippen molar-refractivity contribution in [2.75, 3.05) is 18.0 Å². The fraction of sp³-hybridized carbons (Fsp3) is 0.615. The molecule has 0 spiro atoms. The first kappa shape index (κ1) is 13.5. The van der Waals surface area contributed by atoms with Crippen molar-refractivity contribution in [1.29, 1.82) is 0 Å². The highest BCUT2D eigenvalue weighted by Crippen LogP contribution is 2.20. The monoisotopic (exact) mass is 284 g/mol. The predicted octanol–water partition coefficient (Wildman–Crippen LogP) is 4.02. The summed E-state index contributed by atoms with van der Waals surface area (Å²) in [5.74, 6) is 1.80. The van der Waals surface area contributed by atoms with Gasteiger partial charge in [-0.2, -0.15) is 0 Å². The van der Waals surface area contributed by atoms with E-state index in [1.54, 1.807) is 0 Å². The zero-order chi connectivity index (χ0) is 12.1. The van der Waals surface area contributed by atoms with Crippen LogP contribution in [-0.4, -0.2) is 18.1 Å². The van der Waals surface area contributed by atoms with E-state index in [9.17, 15) is 0 Å². The van der Waals surface area contributed by atoms with Gasteiger partial charge in [0.2, 0.25) is 0 Å². The van der Waals surface area contributed by atoms with Crippen LogP contribution in [0, 0.1) is 12.8 Å². The standard InChI is InChI=1S/C13H21BrN2/c1-5-10(3)9-16(6-2)13-7-11(4)12(14)8-15-13/h7-8,10H,5-6,9H2,1-4H3. The quantitative estimate of drug-likeness (QED) is 0.812. The van der Waals surface area contributed by atoms with E-state index in [1.807, 2.05) is 6.20 Å². The molecular weight excluding hydrogens is 264 g/mol. The third-order valence-corrected chi connectivity index (χ3v) is 3.80. The predicted molar refractivity (Wildman–Crippen MR) is 74.0 cm³/mol. The minimum Gasteiger partial charge on any atom is -0.357 e. The summed E-state index contributed by atoms with van der Waals surface area (Å²) in [7, 11) is 0. The molecule has 0 fully saturated rings. The maximum absolute atomic E-state index is 4.48. The summed E-state index contributed by atoms with van der Waals surface area (Å²) in [5.41, 5.74) is 1.24. The van der Waals surface area contributed by atoms with Gasteiger partial charge in [0.25, 0.3) is 0 Å². The highest BCUT2D eigenvalue weighted by molar-refractivity contribution is 9.10. The van der Waals surface area contributed by atoms with E-state index in [-0.39, 0.29) is 0 Å². The van der Waals surface area contributed by atoms with E-state index in [1.165, 1.54) is 12.0 Å². The van der Waals surface area contributed by atoms with Crippen LogP contribution in [0.4, 0.5) is 5.82 Å². The van der Waals surface area contributed by atoms with Gasteiger partial charge in [0.1, 0.15) is 5.82 Å². The molecule has 0 bridgehead atoms. The van der Waals surface area contributed by atoms with E-state index in [0.717, 1.165) is 23.4 Å². The number of aryl methyl sites for hydroxylation is 1. The average molecular weight is 285 g/mol. The number of halogens is 1. The zero-order valence-corrected chi connectivity index (χ0v) is 12.2. The molecule has 0 saturated carbocycles. The molecule has 3 heteroatoms. The van der Waals surface area contributed by atoms with Gasteiger partial charge in [-0.3, -0.25) is 0 Å². The molecule has 1 aromatic rings. The molecule has 0 N–H and O–H groups in total. The largest absolute Gasteiger partial charge is 0.357 e. The lowest BCUT2D eigenvalue weighted by molar-refractivity contribution is 0.545. The highest BCUT2D eigenvalue weighted by Gasteiger charge is 2.10. The van der Waals surface area contributed by atoms with Crippen LogP contribution in [0.3, 0.4) is 0 Å². The van der Waals surface area contributed by atoms with Crippen LogP contribution in [0.2, 0.25) is 0 Å². The van der Waals surface area contributed by atoms with Gasteiger partial charge in [-0.05, 0) is 47.3 Å². The fourth-order valence-electron chi connectivity index (χ4n) is 1.59. The summed E-state index contributed by atoms with van der Waals surface area (Å²) in [4.78, 5) is 6.82. The highest BCUT2D eigenvalue weighted by atomic mass is 79.9. The summed E-state index contributed by atoms with van der Waals surface area (Å²) in [5, 5.41) is 0. The van der Waals surface area contributed by atoms with Gasteiger partial charge in [-0.1, -0.05) is 20.3 Å². The lowest BCUT2D eigenvalue weighted by atomic mass is 10.1. The Morgan fingerprint density at radius 1 is 1.44 bits per heavy atom. The third kappa shape index (κ3) is 3.48. The molecule has 1 rings (SSSR count). The first-order valence-electron chi connectivity index (χ1n) is 5.95. The summed E-state index contributed by atoms with van der Waals surface area (Å²) in [6.45, 7) is 10.9. The van der Waals surface area contributed by atoms with Crippen LogP contribution >= 0.6 is 15.9 Å². The molecule has 0 aromatic carbocycles. The van der Waals surface area contributed by atoms with E-state index in [0.29, 0.717) is 5.92 Å². The summed E-state index contributed by atoms with van der Waals surface area (Å²) in [6, 6.07) is 2.15. The van der Waals surface area contributed by atoms with Crippen molar-refractivity contribution >= 4 is 21.7 Å². The number of anilines is 1. The van der Waals surface area contributed by atoms with Crippen molar-refractivity contribution in [3.05, 3.63) is 22.3 Å². The molecule has 0 amide bonds. The van der Waals surface area contributed by atoms with Crippen LogP contribution < -0.4 is 4.90 Å². The number of hydrogen-bond acceptors (Lipinski definition) is 2. The Kier molecular flexibility index (Phi) is 5.26. The smallest absolute Gasteiger partial charge is 0.128 e. The number of nitrogens with zero attached hydrogens (tertiary/aromatic N) is 2. The molecule has 2 nitrogen and oxygen atoms in total. The van der Waals surface area contributed by atoms with Crippen LogP contribution in [-0.2, 0) is 0 Å². The average Bonchev–Trinajstić information content (AvgIpc) is 2.29. The fourth-order valence-corrected chi connectivity index (χ4v) is 1.80. The number of pyridine rings is 1. The maximum atomic E-state index is 4.48. The molecule has 16 heavy (non-hydrogen) atoms. The summed E-state index contributed by atoms with van der Waals surface area (Å²) >= 11 is 3.48. The Morgan fingerprint density at radius 3 is 2.62 bits per heavy atom. The molecule has 0 radical (unpaired) electrons. The van der Waals surface area contributed by atoms with E-state index in [4.69, 9.17) is 0 Å². The van der Waals surface area contributed by atoms with Crippen molar-refractivity contribution in [2.24, 2.45) is 5.92 Å². The van der Waals surface area contributed by atoms with Gasteiger partial charge in [0.15, 0.2) is 0 Å². The normalized spacial score (nSPS) is 12.6. The molecule has 90 valence electrons. The van der Waals surface area contributed by atoms with Crippen molar-refractivity contribution in [1.82, 2.24) is 4.98 Å². The van der Waals surface area contributed by atoms with Crippen molar-refractivity contribution in [3.63, 3.8) is 0 Å². The number of hydrogen-bond donors (Lipinski definition) is 0. The Morgan fingerprint density at radius 2 is 2.12 bits per heavy atom. The second-order valence-electron chi connectivity index (χ2n) is 4.34. The molecule has 1 aromatic heterocycles. The number of aromatic nitrogens is 1. The molecule has 0 saturated heterocycles. The van der Waals surface area contributed by atoms with Gasteiger partial charge in [0, 0.05) is 23.8 Å². The minimum absolute atomic E-state index is 0.714. The van der Waals surface area contributed by atoms with Crippen LogP contribution in [0.25, 0.3) is 0 Å². The van der Waals surface area contributed by atoms with Gasteiger partial charge in [-0.15, -0.1) is 0 Å². The van der Waals surface area contributed by atoms with Gasteiger partial charge < -0.3 is 4.90 Å². The molecule has 1 unspecified atom stereocenters. The Labute approximate surface area is 107 Å². The summed E-state index contributed by atoms with van der Waals surface area (Å²) in [6.07, 6.45) is 3.11. The Balaban J connectivity index is 2.82. The van der Waals surface area contributed by atoms with E-state index < -0.39 is 0 Å². The molecule has 0 aliphatic carbocycles. The van der Waals surface area contributed by atoms with Gasteiger partial charge in [0.05, 0.1) is 0 Å². The first-order valence-corrected chi connectivity index (χ1v) is 6.74. The van der Waals surface area contributed by atoms with Crippen LogP contribution in [0.5, 0.6) is 0 Å². The molecule has 1 heterocycles. The zero-order valence-electron chi connectivity index (χ0n) is 10.6. The minimum atomic E-state index is 0.714. The second-order valence-corrected chi connectivity index (χ2v) is 5.20. The molecule has 0 aliphatic heterocycles. The van der Waals surface area contributed by atoms with Crippen LogP contribution in [0.1, 0.15) is 32.8 Å². The van der Waals surface area contributed by atoms with E-state index in [2.05, 4.69) is 59.6 Å². The molecule has 0 aliphatic rings. The molecule has 1 atom stereocenters. The van der Waals surface area contributed by atoms with Crippen molar-refractivity contribution in [2.45, 2.75) is 34.1 Å². The lowest BCUT2D eigenvalue weighted by Gasteiger charge is -2.25.